The molecule has 1 aromatic carbocycles. The van der Waals surface area contributed by atoms with Crippen LogP contribution in [0.5, 0.6) is 0 Å². The Morgan fingerprint density at radius 1 is 1.50 bits per heavy atom. The van der Waals surface area contributed by atoms with Gasteiger partial charge in [-0.15, -0.1) is 11.6 Å². The Labute approximate surface area is 108 Å². The largest absolute Gasteiger partial charge is 0.381 e. The molecule has 0 saturated carbocycles. The zero-order chi connectivity index (χ0) is 11.5. The molecule has 2 atom stereocenters. The van der Waals surface area contributed by atoms with E-state index in [9.17, 15) is 4.39 Å². The summed E-state index contributed by atoms with van der Waals surface area (Å²) in [6, 6.07) is 5.14. The first-order valence-corrected chi connectivity index (χ1v) is 6.55. The molecule has 0 aliphatic carbocycles. The fraction of sp³-hybridized carbons (Fsp3) is 0.500. The molecule has 88 valence electrons. The van der Waals surface area contributed by atoms with E-state index < -0.39 is 0 Å². The monoisotopic (exact) mass is 306 g/mol. The molecule has 0 aromatic heterocycles. The molecule has 0 radical (unpaired) electrons. The average molecular weight is 308 g/mol. The lowest BCUT2D eigenvalue weighted by atomic mass is 9.93. The van der Waals surface area contributed by atoms with E-state index >= 15 is 0 Å². The van der Waals surface area contributed by atoms with Crippen LogP contribution in [0.15, 0.2) is 22.7 Å². The van der Waals surface area contributed by atoms with E-state index in [2.05, 4.69) is 15.9 Å². The molecule has 0 spiro atoms. The summed E-state index contributed by atoms with van der Waals surface area (Å²) in [6.07, 6.45) is 1.50. The first-order valence-electron chi connectivity index (χ1n) is 5.32. The van der Waals surface area contributed by atoms with E-state index in [0.717, 1.165) is 10.9 Å². The first-order chi connectivity index (χ1) is 7.66. The molecular formula is C12H13BrClFO. The molecule has 4 heteroatoms. The van der Waals surface area contributed by atoms with Gasteiger partial charge in [-0.1, -0.05) is 22.0 Å². The predicted molar refractivity (Wildman–Crippen MR) is 66.4 cm³/mol. The molecule has 1 saturated heterocycles. The zero-order valence-corrected chi connectivity index (χ0v) is 11.1. The van der Waals surface area contributed by atoms with Crippen molar-refractivity contribution in [1.82, 2.24) is 0 Å². The molecule has 1 aromatic rings. The van der Waals surface area contributed by atoms with Gasteiger partial charge in [0.2, 0.25) is 0 Å². The van der Waals surface area contributed by atoms with E-state index in [-0.39, 0.29) is 17.1 Å². The fourth-order valence-corrected chi connectivity index (χ4v) is 2.51. The summed E-state index contributed by atoms with van der Waals surface area (Å²) in [5.41, 5.74) is 0.712. The second-order valence-electron chi connectivity index (χ2n) is 4.08. The van der Waals surface area contributed by atoms with Crippen molar-refractivity contribution in [3.8, 4) is 0 Å². The highest BCUT2D eigenvalue weighted by atomic mass is 79.9. The molecule has 1 fully saturated rings. The lowest BCUT2D eigenvalue weighted by Crippen LogP contribution is -2.29. The maximum Gasteiger partial charge on any atom is 0.127 e. The topological polar surface area (TPSA) is 9.23 Å². The first kappa shape index (κ1) is 12.3. The summed E-state index contributed by atoms with van der Waals surface area (Å²) >= 11 is 9.45. The van der Waals surface area contributed by atoms with E-state index in [1.807, 2.05) is 6.07 Å². The molecular weight excluding hydrogens is 294 g/mol. The van der Waals surface area contributed by atoms with E-state index in [1.54, 1.807) is 6.07 Å². The van der Waals surface area contributed by atoms with Crippen molar-refractivity contribution in [2.75, 3.05) is 13.2 Å². The van der Waals surface area contributed by atoms with Gasteiger partial charge in [-0.25, -0.2) is 4.39 Å². The Bertz CT molecular complexity index is 372. The minimum atomic E-state index is -0.177. The van der Waals surface area contributed by atoms with Gasteiger partial charge in [0.1, 0.15) is 5.82 Å². The standard InChI is InChI=1S/C12H13BrClFO/c13-10-2-1-8(12(15)6-10)5-9-7-16-4-3-11(9)14/h1-2,6,9,11H,3-5,7H2. The third-order valence-corrected chi connectivity index (χ3v) is 3.95. The lowest BCUT2D eigenvalue weighted by Gasteiger charge is -2.27. The van der Waals surface area contributed by atoms with Crippen LogP contribution in [0.3, 0.4) is 0 Å². The Morgan fingerprint density at radius 2 is 2.31 bits per heavy atom. The molecule has 1 aliphatic heterocycles. The molecule has 0 bridgehead atoms. The molecule has 2 rings (SSSR count). The number of halogens is 3. The Hall–Kier alpha value is -0.120. The van der Waals surface area contributed by atoms with Crippen molar-refractivity contribution >= 4 is 27.5 Å². The molecule has 2 unspecified atom stereocenters. The van der Waals surface area contributed by atoms with Crippen molar-refractivity contribution in [3.05, 3.63) is 34.1 Å². The van der Waals surface area contributed by atoms with Gasteiger partial charge in [-0.2, -0.15) is 0 Å². The van der Waals surface area contributed by atoms with Crippen LogP contribution in [-0.2, 0) is 11.2 Å². The molecule has 16 heavy (non-hydrogen) atoms. The minimum absolute atomic E-state index is 0.0943. The van der Waals surface area contributed by atoms with Crippen LogP contribution < -0.4 is 0 Å². The van der Waals surface area contributed by atoms with Gasteiger partial charge in [0.15, 0.2) is 0 Å². The van der Waals surface area contributed by atoms with Crippen LogP contribution in [0.25, 0.3) is 0 Å². The fourth-order valence-electron chi connectivity index (χ4n) is 1.93. The van der Waals surface area contributed by atoms with Crippen LogP contribution >= 0.6 is 27.5 Å². The van der Waals surface area contributed by atoms with Crippen LogP contribution in [0.1, 0.15) is 12.0 Å². The van der Waals surface area contributed by atoms with Crippen molar-refractivity contribution in [3.63, 3.8) is 0 Å². The number of benzene rings is 1. The van der Waals surface area contributed by atoms with Gasteiger partial charge < -0.3 is 4.74 Å². The van der Waals surface area contributed by atoms with Crippen molar-refractivity contribution in [2.24, 2.45) is 5.92 Å². The van der Waals surface area contributed by atoms with Crippen molar-refractivity contribution < 1.29 is 9.13 Å². The average Bonchev–Trinajstić information content (AvgIpc) is 2.25. The Balaban J connectivity index is 2.07. The van der Waals surface area contributed by atoms with Crippen LogP contribution in [0.4, 0.5) is 4.39 Å². The quantitative estimate of drug-likeness (QED) is 0.756. The highest BCUT2D eigenvalue weighted by Gasteiger charge is 2.24. The third kappa shape index (κ3) is 2.96. The summed E-state index contributed by atoms with van der Waals surface area (Å²) in [7, 11) is 0. The number of hydrogen-bond acceptors (Lipinski definition) is 1. The smallest absolute Gasteiger partial charge is 0.127 e. The molecule has 0 N–H and O–H groups in total. The van der Waals surface area contributed by atoms with Crippen LogP contribution in [0, 0.1) is 11.7 Å². The van der Waals surface area contributed by atoms with E-state index in [4.69, 9.17) is 16.3 Å². The second kappa shape index (κ2) is 5.48. The van der Waals surface area contributed by atoms with Gasteiger partial charge in [-0.3, -0.25) is 0 Å². The van der Waals surface area contributed by atoms with E-state index in [1.165, 1.54) is 6.07 Å². The van der Waals surface area contributed by atoms with Gasteiger partial charge in [0, 0.05) is 22.4 Å². The van der Waals surface area contributed by atoms with E-state index in [0.29, 0.717) is 25.2 Å². The molecule has 1 nitrogen and oxygen atoms in total. The highest BCUT2D eigenvalue weighted by molar-refractivity contribution is 9.10. The molecule has 1 heterocycles. The van der Waals surface area contributed by atoms with Gasteiger partial charge >= 0.3 is 0 Å². The molecule has 1 aliphatic rings. The third-order valence-electron chi connectivity index (χ3n) is 2.88. The zero-order valence-electron chi connectivity index (χ0n) is 8.76. The predicted octanol–water partition coefficient (Wildman–Crippen LogP) is 3.77. The van der Waals surface area contributed by atoms with Gasteiger partial charge in [0.25, 0.3) is 0 Å². The molecule has 0 amide bonds. The highest BCUT2D eigenvalue weighted by Crippen LogP contribution is 2.26. The Kier molecular flexibility index (Phi) is 4.22. The summed E-state index contributed by atoms with van der Waals surface area (Å²) in [6.45, 7) is 1.34. The SMILES string of the molecule is Fc1cc(Br)ccc1CC1COCCC1Cl. The van der Waals surface area contributed by atoms with Crippen molar-refractivity contribution in [1.29, 1.82) is 0 Å². The summed E-state index contributed by atoms with van der Waals surface area (Å²) < 4.78 is 19.8. The maximum absolute atomic E-state index is 13.6. The summed E-state index contributed by atoms with van der Waals surface area (Å²) in [5, 5.41) is 0.0943. The number of ether oxygens (including phenoxy) is 1. The normalized spacial score (nSPS) is 25.7. The minimum Gasteiger partial charge on any atom is -0.381 e. The van der Waals surface area contributed by atoms with Crippen LogP contribution in [-0.4, -0.2) is 18.6 Å². The number of hydrogen-bond donors (Lipinski definition) is 0. The summed E-state index contributed by atoms with van der Waals surface area (Å²) in [4.78, 5) is 0. The van der Waals surface area contributed by atoms with Gasteiger partial charge in [0.05, 0.1) is 6.61 Å². The number of rotatable bonds is 2. The summed E-state index contributed by atoms with van der Waals surface area (Å²) in [5.74, 6) is 0.0370. The lowest BCUT2D eigenvalue weighted by molar-refractivity contribution is 0.0575. The second-order valence-corrected chi connectivity index (χ2v) is 5.56. The van der Waals surface area contributed by atoms with Crippen molar-refractivity contribution in [2.45, 2.75) is 18.2 Å². The maximum atomic E-state index is 13.6. The van der Waals surface area contributed by atoms with Crippen LogP contribution in [0.2, 0.25) is 0 Å². The Morgan fingerprint density at radius 3 is 3.00 bits per heavy atom. The number of alkyl halides is 1. The van der Waals surface area contributed by atoms with Gasteiger partial charge in [-0.05, 0) is 30.5 Å².